The lowest BCUT2D eigenvalue weighted by atomic mass is 9.77. The molecule has 0 aromatic heterocycles. The smallest absolute Gasteiger partial charge is 0.232 e. The zero-order valence-corrected chi connectivity index (χ0v) is 16.3. The van der Waals surface area contributed by atoms with Crippen LogP contribution in [0.1, 0.15) is 48.3 Å². The van der Waals surface area contributed by atoms with Gasteiger partial charge in [-0.2, -0.15) is 0 Å². The molecule has 0 bridgehead atoms. The van der Waals surface area contributed by atoms with Gasteiger partial charge in [-0.1, -0.05) is 47.5 Å². The average molecular weight is 380 g/mol. The molecule has 0 spiro atoms. The molecule has 4 rings (SSSR count). The fraction of sp³-hybridized carbons (Fsp3) is 0.304. The molecule has 0 radical (unpaired) electrons. The molecule has 1 heterocycles. The normalized spacial score (nSPS) is 20.1. The van der Waals surface area contributed by atoms with E-state index in [1.54, 1.807) is 4.90 Å². The largest absolute Gasteiger partial charge is 0.294 e. The van der Waals surface area contributed by atoms with E-state index in [1.807, 2.05) is 50.2 Å². The van der Waals surface area contributed by atoms with Crippen molar-refractivity contribution in [2.45, 2.75) is 45.4 Å². The third-order valence-electron chi connectivity index (χ3n) is 5.55. The second kappa shape index (κ2) is 6.97. The summed E-state index contributed by atoms with van der Waals surface area (Å²) in [6.45, 7) is 4.05. The molecule has 1 unspecified atom stereocenters. The van der Waals surface area contributed by atoms with E-state index in [1.165, 1.54) is 0 Å². The van der Waals surface area contributed by atoms with Crippen LogP contribution < -0.4 is 4.90 Å². The molecule has 4 heteroatoms. The number of hydrogen-bond acceptors (Lipinski definition) is 2. The van der Waals surface area contributed by atoms with Crippen molar-refractivity contribution in [1.29, 1.82) is 0 Å². The van der Waals surface area contributed by atoms with Gasteiger partial charge in [-0.3, -0.25) is 14.5 Å². The van der Waals surface area contributed by atoms with Gasteiger partial charge in [-0.25, -0.2) is 0 Å². The van der Waals surface area contributed by atoms with E-state index in [9.17, 15) is 9.59 Å². The number of ketones is 1. The first-order chi connectivity index (χ1) is 13.0. The van der Waals surface area contributed by atoms with Crippen LogP contribution >= 0.6 is 11.6 Å². The lowest BCUT2D eigenvalue weighted by molar-refractivity contribution is -0.119. The Morgan fingerprint density at radius 3 is 2.56 bits per heavy atom. The van der Waals surface area contributed by atoms with Crippen molar-refractivity contribution in [3.63, 3.8) is 0 Å². The Hall–Kier alpha value is -2.39. The molecular weight excluding hydrogens is 358 g/mol. The summed E-state index contributed by atoms with van der Waals surface area (Å²) in [6.07, 6.45) is 2.32. The van der Waals surface area contributed by atoms with E-state index in [0.717, 1.165) is 46.5 Å². The van der Waals surface area contributed by atoms with Crippen molar-refractivity contribution in [2.75, 3.05) is 4.90 Å². The monoisotopic (exact) mass is 379 g/mol. The molecule has 1 aliphatic heterocycles. The maximum Gasteiger partial charge on any atom is 0.232 e. The molecule has 3 nitrogen and oxygen atoms in total. The fourth-order valence-electron chi connectivity index (χ4n) is 4.35. The van der Waals surface area contributed by atoms with Gasteiger partial charge < -0.3 is 0 Å². The minimum Gasteiger partial charge on any atom is -0.294 e. The number of nitrogens with zero attached hydrogens (tertiary/aromatic N) is 1. The second-order valence-electron chi connectivity index (χ2n) is 7.43. The van der Waals surface area contributed by atoms with Crippen LogP contribution in [0.15, 0.2) is 53.7 Å². The molecule has 2 aliphatic rings. The molecule has 0 N–H and O–H groups in total. The number of anilines is 1. The van der Waals surface area contributed by atoms with Crippen LogP contribution in [0.2, 0.25) is 5.02 Å². The Morgan fingerprint density at radius 2 is 1.81 bits per heavy atom. The molecular formula is C23H22ClNO2. The van der Waals surface area contributed by atoms with Crippen LogP contribution in [-0.4, -0.2) is 11.7 Å². The van der Waals surface area contributed by atoms with Crippen molar-refractivity contribution in [3.05, 3.63) is 75.4 Å². The van der Waals surface area contributed by atoms with Gasteiger partial charge in [0.25, 0.3) is 0 Å². The first-order valence-electron chi connectivity index (χ1n) is 9.38. The van der Waals surface area contributed by atoms with Crippen molar-refractivity contribution in [3.8, 4) is 0 Å². The zero-order valence-electron chi connectivity index (χ0n) is 15.6. The maximum atomic E-state index is 13.2. The van der Waals surface area contributed by atoms with Crippen LogP contribution in [0.4, 0.5) is 5.69 Å². The highest BCUT2D eigenvalue weighted by Crippen LogP contribution is 2.45. The second-order valence-corrected chi connectivity index (χ2v) is 7.84. The van der Waals surface area contributed by atoms with Gasteiger partial charge >= 0.3 is 0 Å². The molecule has 27 heavy (non-hydrogen) atoms. The summed E-state index contributed by atoms with van der Waals surface area (Å²) >= 11 is 6.42. The Kier molecular flexibility index (Phi) is 4.65. The van der Waals surface area contributed by atoms with E-state index in [-0.39, 0.29) is 24.0 Å². The van der Waals surface area contributed by atoms with E-state index in [4.69, 9.17) is 11.6 Å². The number of Topliss-reactive ketones (excluding diaryl/α,β-unsaturated/α-hetero) is 1. The molecule has 1 aliphatic carbocycles. The summed E-state index contributed by atoms with van der Waals surface area (Å²) in [6, 6.07) is 13.6. The summed E-state index contributed by atoms with van der Waals surface area (Å²) in [4.78, 5) is 27.9. The molecule has 2 aromatic rings. The van der Waals surface area contributed by atoms with Gasteiger partial charge in [0.2, 0.25) is 5.91 Å². The molecule has 0 saturated carbocycles. The van der Waals surface area contributed by atoms with Crippen LogP contribution in [-0.2, 0) is 9.59 Å². The maximum absolute atomic E-state index is 13.2. The Bertz CT molecular complexity index is 976. The number of allylic oxidation sites excluding steroid dienone is 2. The van der Waals surface area contributed by atoms with Crippen molar-refractivity contribution in [1.82, 2.24) is 0 Å². The average Bonchev–Trinajstić information content (AvgIpc) is 2.63. The highest BCUT2D eigenvalue weighted by Gasteiger charge is 2.40. The predicted octanol–water partition coefficient (Wildman–Crippen LogP) is 5.48. The lowest BCUT2D eigenvalue weighted by Crippen LogP contribution is -2.41. The number of halogens is 1. The van der Waals surface area contributed by atoms with Gasteiger partial charge in [-0.15, -0.1) is 0 Å². The van der Waals surface area contributed by atoms with Crippen LogP contribution in [0.5, 0.6) is 0 Å². The topological polar surface area (TPSA) is 37.4 Å². The summed E-state index contributed by atoms with van der Waals surface area (Å²) in [5.74, 6) is -0.0836. The summed E-state index contributed by atoms with van der Waals surface area (Å²) in [5, 5.41) is 0.612. The quantitative estimate of drug-likeness (QED) is 0.692. The molecule has 0 saturated heterocycles. The summed E-state index contributed by atoms with van der Waals surface area (Å²) in [7, 11) is 0. The van der Waals surface area contributed by atoms with Crippen molar-refractivity contribution >= 4 is 29.0 Å². The van der Waals surface area contributed by atoms with Crippen molar-refractivity contribution < 1.29 is 9.59 Å². The number of aryl methyl sites for hydroxylation is 2. The highest BCUT2D eigenvalue weighted by molar-refractivity contribution is 6.31. The number of rotatable bonds is 2. The fourth-order valence-corrected chi connectivity index (χ4v) is 4.62. The third kappa shape index (κ3) is 3.10. The zero-order chi connectivity index (χ0) is 19.1. The van der Waals surface area contributed by atoms with Crippen LogP contribution in [0, 0.1) is 13.8 Å². The first kappa shape index (κ1) is 18.0. The molecule has 138 valence electrons. The van der Waals surface area contributed by atoms with Gasteiger partial charge in [0.05, 0.1) is 5.69 Å². The lowest BCUT2D eigenvalue weighted by Gasteiger charge is -2.39. The summed E-state index contributed by atoms with van der Waals surface area (Å²) in [5.41, 5.74) is 5.59. The number of amides is 1. The Labute approximate surface area is 164 Å². The standard InChI is InChI=1S/C23H22ClNO2/c1-14-10-11-19(15(2)12-14)25-20-8-5-9-21(26)23(20)17(13-22(25)27)16-6-3-4-7-18(16)24/h3-4,6-7,10-12,17H,5,8-9,13H2,1-2H3. The SMILES string of the molecule is Cc1ccc(N2C(=O)CC(c3ccccc3Cl)C3=C2CCCC3=O)c(C)c1. The van der Waals surface area contributed by atoms with Gasteiger partial charge in [0, 0.05) is 35.1 Å². The molecule has 0 fully saturated rings. The highest BCUT2D eigenvalue weighted by atomic mass is 35.5. The van der Waals surface area contributed by atoms with Gasteiger partial charge in [0.1, 0.15) is 0 Å². The van der Waals surface area contributed by atoms with E-state index in [0.29, 0.717) is 11.4 Å². The predicted molar refractivity (Wildman–Crippen MR) is 108 cm³/mol. The van der Waals surface area contributed by atoms with Crippen LogP contribution in [0.25, 0.3) is 0 Å². The molecule has 1 amide bonds. The molecule has 1 atom stereocenters. The van der Waals surface area contributed by atoms with Crippen molar-refractivity contribution in [2.24, 2.45) is 0 Å². The van der Waals surface area contributed by atoms with Gasteiger partial charge in [0.15, 0.2) is 5.78 Å². The van der Waals surface area contributed by atoms with Crippen LogP contribution in [0.3, 0.4) is 0 Å². The minimum atomic E-state index is -0.254. The Balaban J connectivity index is 1.90. The van der Waals surface area contributed by atoms with E-state index in [2.05, 4.69) is 6.07 Å². The minimum absolute atomic E-state index is 0.0281. The number of benzene rings is 2. The molecule has 2 aromatic carbocycles. The Morgan fingerprint density at radius 1 is 1.04 bits per heavy atom. The van der Waals surface area contributed by atoms with E-state index < -0.39 is 0 Å². The third-order valence-corrected chi connectivity index (χ3v) is 5.89. The van der Waals surface area contributed by atoms with E-state index >= 15 is 0 Å². The summed E-state index contributed by atoms with van der Waals surface area (Å²) < 4.78 is 0. The number of carbonyl (C=O) groups excluding carboxylic acids is 2. The first-order valence-corrected chi connectivity index (χ1v) is 9.76. The number of carbonyl (C=O) groups is 2. The number of hydrogen-bond donors (Lipinski definition) is 0. The van der Waals surface area contributed by atoms with Gasteiger partial charge in [-0.05, 0) is 49.9 Å².